The zero-order chi connectivity index (χ0) is 12.8. The van der Waals surface area contributed by atoms with E-state index in [0.717, 1.165) is 24.2 Å². The van der Waals surface area contributed by atoms with E-state index in [1.54, 1.807) is 7.11 Å². The lowest BCUT2D eigenvalue weighted by Gasteiger charge is -2.20. The van der Waals surface area contributed by atoms with E-state index in [0.29, 0.717) is 5.92 Å². The molecule has 0 aliphatic heterocycles. The molecule has 1 aromatic carbocycles. The highest BCUT2D eigenvalue weighted by molar-refractivity contribution is 5.85. The van der Waals surface area contributed by atoms with E-state index < -0.39 is 6.10 Å². The van der Waals surface area contributed by atoms with Gasteiger partial charge in [0, 0.05) is 0 Å². The van der Waals surface area contributed by atoms with Crippen molar-refractivity contribution in [1.82, 2.24) is 0 Å². The number of rotatable bonds is 6. The van der Waals surface area contributed by atoms with Gasteiger partial charge in [-0.15, -0.1) is 12.4 Å². The van der Waals surface area contributed by atoms with Gasteiger partial charge in [-0.2, -0.15) is 0 Å². The highest BCUT2D eigenvalue weighted by Crippen LogP contribution is 2.21. The van der Waals surface area contributed by atoms with Crippen molar-refractivity contribution in [3.63, 3.8) is 0 Å². The monoisotopic (exact) mass is 273 g/mol. The smallest absolute Gasteiger partial charge is 0.118 e. The molecule has 0 unspecified atom stereocenters. The van der Waals surface area contributed by atoms with E-state index in [9.17, 15) is 5.11 Å². The summed E-state index contributed by atoms with van der Waals surface area (Å²) < 4.78 is 5.09. The minimum absolute atomic E-state index is 0. The van der Waals surface area contributed by atoms with Crippen LogP contribution in [0.1, 0.15) is 38.3 Å². The van der Waals surface area contributed by atoms with E-state index in [1.165, 1.54) is 0 Å². The van der Waals surface area contributed by atoms with E-state index in [4.69, 9.17) is 10.5 Å². The van der Waals surface area contributed by atoms with Gasteiger partial charge in [0.2, 0.25) is 0 Å². The average Bonchev–Trinajstić information content (AvgIpc) is 2.35. The van der Waals surface area contributed by atoms with Crippen molar-refractivity contribution in [2.75, 3.05) is 7.11 Å². The van der Waals surface area contributed by atoms with Crippen LogP contribution in [0.4, 0.5) is 0 Å². The summed E-state index contributed by atoms with van der Waals surface area (Å²) >= 11 is 0. The summed E-state index contributed by atoms with van der Waals surface area (Å²) in [5.41, 5.74) is 6.97. The number of ether oxygens (including phenoxy) is 1. The Bertz CT molecular complexity index is 327. The molecule has 0 saturated carbocycles. The number of halogens is 1. The van der Waals surface area contributed by atoms with Gasteiger partial charge in [0.1, 0.15) is 5.75 Å². The number of hydrogen-bond donors (Lipinski definition) is 2. The molecule has 18 heavy (non-hydrogen) atoms. The quantitative estimate of drug-likeness (QED) is 0.838. The number of nitrogens with two attached hydrogens (primary N) is 1. The molecule has 1 aromatic rings. The van der Waals surface area contributed by atoms with Crippen LogP contribution in [0.5, 0.6) is 5.75 Å². The van der Waals surface area contributed by atoms with Gasteiger partial charge in [0.15, 0.2) is 0 Å². The number of benzene rings is 1. The maximum atomic E-state index is 9.99. The van der Waals surface area contributed by atoms with Crippen LogP contribution < -0.4 is 10.5 Å². The first kappa shape index (κ1) is 17.2. The molecule has 0 radical (unpaired) electrons. The van der Waals surface area contributed by atoms with Crippen molar-refractivity contribution in [3.8, 4) is 5.75 Å². The summed E-state index contributed by atoms with van der Waals surface area (Å²) in [6, 6.07) is 7.22. The van der Waals surface area contributed by atoms with Crippen LogP contribution in [0.2, 0.25) is 0 Å². The van der Waals surface area contributed by atoms with Crippen LogP contribution in [-0.4, -0.2) is 18.3 Å². The second-order valence-electron chi connectivity index (χ2n) is 4.84. The zero-order valence-electron chi connectivity index (χ0n) is 11.3. The first-order chi connectivity index (χ1) is 8.04. The van der Waals surface area contributed by atoms with Gasteiger partial charge < -0.3 is 15.6 Å². The Kier molecular flexibility index (Phi) is 8.00. The van der Waals surface area contributed by atoms with Crippen molar-refractivity contribution in [2.24, 2.45) is 11.7 Å². The van der Waals surface area contributed by atoms with E-state index >= 15 is 0 Å². The molecular formula is C14H24ClNO2. The van der Waals surface area contributed by atoms with E-state index in [-0.39, 0.29) is 18.4 Å². The minimum atomic E-state index is -0.481. The molecular weight excluding hydrogens is 250 g/mol. The molecule has 0 amide bonds. The van der Waals surface area contributed by atoms with Crippen LogP contribution in [0.25, 0.3) is 0 Å². The number of methoxy groups -OCH3 is 1. The summed E-state index contributed by atoms with van der Waals surface area (Å²) in [6.45, 7) is 4.29. The third-order valence-electron chi connectivity index (χ3n) is 2.96. The normalized spacial score (nSPS) is 13.9. The third kappa shape index (κ3) is 5.25. The van der Waals surface area contributed by atoms with Crippen LogP contribution in [0.15, 0.2) is 24.3 Å². The van der Waals surface area contributed by atoms with Gasteiger partial charge in [-0.3, -0.25) is 0 Å². The van der Waals surface area contributed by atoms with Gasteiger partial charge >= 0.3 is 0 Å². The molecule has 3 nitrogen and oxygen atoms in total. The van der Waals surface area contributed by atoms with Gasteiger partial charge in [-0.25, -0.2) is 0 Å². The van der Waals surface area contributed by atoms with E-state index in [2.05, 4.69) is 13.8 Å². The van der Waals surface area contributed by atoms with Crippen LogP contribution in [-0.2, 0) is 0 Å². The van der Waals surface area contributed by atoms with Crippen molar-refractivity contribution in [2.45, 2.75) is 38.8 Å². The van der Waals surface area contributed by atoms with Crippen molar-refractivity contribution >= 4 is 12.4 Å². The minimum Gasteiger partial charge on any atom is -0.497 e. The molecule has 0 bridgehead atoms. The van der Waals surface area contributed by atoms with Gasteiger partial charge in [-0.1, -0.05) is 26.0 Å². The molecule has 0 fully saturated rings. The number of hydrogen-bond acceptors (Lipinski definition) is 3. The topological polar surface area (TPSA) is 55.5 Å². The Morgan fingerprint density at radius 1 is 1.17 bits per heavy atom. The molecule has 0 aromatic heterocycles. The van der Waals surface area contributed by atoms with Crippen molar-refractivity contribution in [3.05, 3.63) is 29.8 Å². The standard InChI is InChI=1S/C14H23NO2.ClH/c1-10(2)4-9-13(16)14(15)11-5-7-12(17-3)8-6-11;/h5-8,10,13-14,16H,4,9,15H2,1-3H3;1H/t13-,14+;/m0./s1. The Hall–Kier alpha value is -0.770. The Morgan fingerprint density at radius 3 is 2.17 bits per heavy atom. The van der Waals surface area contributed by atoms with E-state index in [1.807, 2.05) is 24.3 Å². The van der Waals surface area contributed by atoms with Crippen molar-refractivity contribution < 1.29 is 9.84 Å². The summed E-state index contributed by atoms with van der Waals surface area (Å²) in [7, 11) is 1.63. The highest BCUT2D eigenvalue weighted by atomic mass is 35.5. The predicted molar refractivity (Wildman–Crippen MR) is 77.2 cm³/mol. The Labute approximate surface area is 116 Å². The molecule has 4 heteroatoms. The largest absolute Gasteiger partial charge is 0.497 e. The predicted octanol–water partition coefficient (Wildman–Crippen LogP) is 2.91. The fourth-order valence-corrected chi connectivity index (χ4v) is 1.73. The molecule has 0 aliphatic carbocycles. The fraction of sp³-hybridized carbons (Fsp3) is 0.571. The Balaban J connectivity index is 0.00000289. The first-order valence-corrected chi connectivity index (χ1v) is 6.12. The van der Waals surface area contributed by atoms with Crippen LogP contribution in [0.3, 0.4) is 0 Å². The van der Waals surface area contributed by atoms with Gasteiger partial charge in [0.05, 0.1) is 19.3 Å². The molecule has 0 saturated heterocycles. The van der Waals surface area contributed by atoms with Crippen LogP contribution >= 0.6 is 12.4 Å². The molecule has 3 N–H and O–H groups in total. The van der Waals surface area contributed by atoms with Crippen molar-refractivity contribution in [1.29, 1.82) is 0 Å². The maximum absolute atomic E-state index is 9.99. The van der Waals surface area contributed by atoms with Crippen LogP contribution in [0, 0.1) is 5.92 Å². The lowest BCUT2D eigenvalue weighted by molar-refractivity contribution is 0.128. The highest BCUT2D eigenvalue weighted by Gasteiger charge is 2.16. The molecule has 1 rings (SSSR count). The SMILES string of the molecule is COc1ccc([C@@H](N)[C@@H](O)CCC(C)C)cc1.Cl. The lowest BCUT2D eigenvalue weighted by atomic mass is 9.96. The summed E-state index contributed by atoms with van der Waals surface area (Å²) in [5, 5.41) is 9.99. The molecule has 2 atom stereocenters. The first-order valence-electron chi connectivity index (χ1n) is 6.12. The zero-order valence-corrected chi connectivity index (χ0v) is 12.1. The lowest BCUT2D eigenvalue weighted by Crippen LogP contribution is -2.26. The molecule has 0 heterocycles. The fourth-order valence-electron chi connectivity index (χ4n) is 1.73. The Morgan fingerprint density at radius 2 is 1.72 bits per heavy atom. The van der Waals surface area contributed by atoms with Gasteiger partial charge in [-0.05, 0) is 36.5 Å². The molecule has 0 aliphatic rings. The molecule has 0 spiro atoms. The average molecular weight is 274 g/mol. The maximum Gasteiger partial charge on any atom is 0.118 e. The number of aliphatic hydroxyl groups excluding tert-OH is 1. The summed E-state index contributed by atoms with van der Waals surface area (Å²) in [6.07, 6.45) is 1.25. The second-order valence-corrected chi connectivity index (χ2v) is 4.84. The van der Waals surface area contributed by atoms with Gasteiger partial charge in [0.25, 0.3) is 0 Å². The number of aliphatic hydroxyl groups is 1. The molecule has 104 valence electrons. The summed E-state index contributed by atoms with van der Waals surface area (Å²) in [4.78, 5) is 0. The third-order valence-corrected chi connectivity index (χ3v) is 2.96. The second kappa shape index (κ2) is 8.35. The summed E-state index contributed by atoms with van der Waals surface area (Å²) in [5.74, 6) is 1.39.